The Morgan fingerprint density at radius 2 is 2.36 bits per heavy atom. The largest absolute Gasteiger partial charge is 0.463 e. The number of fused-ring (bicyclic) bond motifs is 1. The van der Waals surface area contributed by atoms with Gasteiger partial charge in [0.05, 0.1) is 18.8 Å². The molecule has 0 bridgehead atoms. The topological polar surface area (TPSA) is 99.1 Å². The highest BCUT2D eigenvalue weighted by atomic mass is 16.6. The van der Waals surface area contributed by atoms with Crippen LogP contribution in [0.1, 0.15) is 38.8 Å². The molecule has 1 aliphatic heterocycles. The zero-order valence-corrected chi connectivity index (χ0v) is 12.3. The zero-order chi connectivity index (χ0) is 15.5. The van der Waals surface area contributed by atoms with Crippen molar-refractivity contribution in [3.8, 4) is 0 Å². The monoisotopic (exact) mass is 306 g/mol. The summed E-state index contributed by atoms with van der Waals surface area (Å²) in [6.45, 7) is 2.19. The van der Waals surface area contributed by atoms with Gasteiger partial charge in [-0.15, -0.1) is 0 Å². The first kappa shape index (κ1) is 14.7. The molecule has 0 aliphatic carbocycles. The second-order valence-electron chi connectivity index (χ2n) is 5.28. The highest BCUT2D eigenvalue weighted by Crippen LogP contribution is 2.29. The molecule has 2 aromatic rings. The second kappa shape index (κ2) is 6.27. The van der Waals surface area contributed by atoms with Gasteiger partial charge < -0.3 is 14.5 Å². The maximum absolute atomic E-state index is 11.6. The Bertz CT molecular complexity index is 723. The quantitative estimate of drug-likeness (QED) is 0.832. The van der Waals surface area contributed by atoms with Crippen molar-refractivity contribution in [2.75, 3.05) is 6.61 Å². The fourth-order valence-corrected chi connectivity index (χ4v) is 2.55. The van der Waals surface area contributed by atoms with Crippen LogP contribution in [0.15, 0.2) is 17.4 Å². The molecule has 0 spiro atoms. The van der Waals surface area contributed by atoms with Crippen LogP contribution < -0.4 is 5.56 Å². The van der Waals surface area contributed by atoms with Crippen LogP contribution in [-0.4, -0.2) is 38.2 Å². The lowest BCUT2D eigenvalue weighted by Crippen LogP contribution is -2.19. The number of carbonyl (C=O) groups is 1. The molecule has 0 radical (unpaired) electrons. The summed E-state index contributed by atoms with van der Waals surface area (Å²) in [5.41, 5.74) is 0.521. The SMILES string of the molecule is CCCC(=O)OC[C@@H]1CC[C@H](n2cnc3c(=O)[nH]cnc32)O1. The lowest BCUT2D eigenvalue weighted by molar-refractivity contribution is -0.148. The summed E-state index contributed by atoms with van der Waals surface area (Å²) >= 11 is 0. The van der Waals surface area contributed by atoms with Gasteiger partial charge in [-0.2, -0.15) is 0 Å². The van der Waals surface area contributed by atoms with Gasteiger partial charge in [-0.1, -0.05) is 6.92 Å². The number of ether oxygens (including phenoxy) is 2. The van der Waals surface area contributed by atoms with Crippen LogP contribution in [-0.2, 0) is 14.3 Å². The van der Waals surface area contributed by atoms with Gasteiger partial charge in [0, 0.05) is 6.42 Å². The smallest absolute Gasteiger partial charge is 0.305 e. The predicted octanol–water partition coefficient (Wildman–Crippen LogP) is 1.14. The summed E-state index contributed by atoms with van der Waals surface area (Å²) in [4.78, 5) is 33.7. The Balaban J connectivity index is 1.66. The van der Waals surface area contributed by atoms with Gasteiger partial charge in [0.1, 0.15) is 12.8 Å². The van der Waals surface area contributed by atoms with E-state index in [0.29, 0.717) is 17.6 Å². The van der Waals surface area contributed by atoms with Crippen molar-refractivity contribution in [1.82, 2.24) is 19.5 Å². The minimum Gasteiger partial charge on any atom is -0.463 e. The number of carbonyl (C=O) groups excluding carboxylic acids is 1. The Hall–Kier alpha value is -2.22. The fourth-order valence-electron chi connectivity index (χ4n) is 2.55. The number of rotatable bonds is 5. The number of nitrogens with zero attached hydrogens (tertiary/aromatic N) is 3. The average Bonchev–Trinajstić information content (AvgIpc) is 3.12. The van der Waals surface area contributed by atoms with E-state index in [2.05, 4.69) is 15.0 Å². The van der Waals surface area contributed by atoms with Crippen molar-refractivity contribution in [3.63, 3.8) is 0 Å². The van der Waals surface area contributed by atoms with E-state index in [4.69, 9.17) is 9.47 Å². The molecule has 118 valence electrons. The minimum atomic E-state index is -0.271. The highest BCUT2D eigenvalue weighted by molar-refractivity contribution is 5.69. The number of hydrogen-bond acceptors (Lipinski definition) is 6. The first-order valence-corrected chi connectivity index (χ1v) is 7.40. The molecule has 0 aromatic carbocycles. The van der Waals surface area contributed by atoms with Crippen molar-refractivity contribution < 1.29 is 14.3 Å². The van der Waals surface area contributed by atoms with E-state index in [1.807, 2.05) is 6.92 Å². The van der Waals surface area contributed by atoms with E-state index < -0.39 is 0 Å². The van der Waals surface area contributed by atoms with Crippen LogP contribution in [0.5, 0.6) is 0 Å². The molecule has 1 N–H and O–H groups in total. The molecule has 2 atom stereocenters. The predicted molar refractivity (Wildman–Crippen MR) is 77.2 cm³/mol. The van der Waals surface area contributed by atoms with E-state index in [1.54, 1.807) is 10.9 Å². The van der Waals surface area contributed by atoms with Crippen molar-refractivity contribution in [3.05, 3.63) is 23.0 Å². The summed E-state index contributed by atoms with van der Waals surface area (Å²) in [5.74, 6) is -0.198. The number of esters is 1. The van der Waals surface area contributed by atoms with Gasteiger partial charge in [-0.05, 0) is 19.3 Å². The first-order chi connectivity index (χ1) is 10.7. The lowest BCUT2D eigenvalue weighted by atomic mass is 10.2. The maximum Gasteiger partial charge on any atom is 0.305 e. The molecule has 3 rings (SSSR count). The molecule has 8 heteroatoms. The Morgan fingerprint density at radius 1 is 1.50 bits per heavy atom. The van der Waals surface area contributed by atoms with Crippen molar-refractivity contribution in [1.29, 1.82) is 0 Å². The van der Waals surface area contributed by atoms with Crippen LogP contribution in [0, 0.1) is 0 Å². The number of hydrogen-bond donors (Lipinski definition) is 1. The van der Waals surface area contributed by atoms with Crippen LogP contribution in [0.25, 0.3) is 11.2 Å². The third kappa shape index (κ3) is 2.87. The maximum atomic E-state index is 11.6. The highest BCUT2D eigenvalue weighted by Gasteiger charge is 2.29. The van der Waals surface area contributed by atoms with Gasteiger partial charge in [0.2, 0.25) is 0 Å². The third-order valence-electron chi connectivity index (χ3n) is 3.64. The van der Waals surface area contributed by atoms with Gasteiger partial charge in [0.15, 0.2) is 11.2 Å². The van der Waals surface area contributed by atoms with E-state index in [1.165, 1.54) is 6.33 Å². The fraction of sp³-hybridized carbons (Fsp3) is 0.571. The molecule has 2 aromatic heterocycles. The summed E-state index contributed by atoms with van der Waals surface area (Å²) in [7, 11) is 0. The van der Waals surface area contributed by atoms with Gasteiger partial charge >= 0.3 is 5.97 Å². The normalized spacial score (nSPS) is 21.3. The number of imidazole rings is 1. The number of nitrogens with one attached hydrogen (secondary N) is 1. The molecule has 3 heterocycles. The van der Waals surface area contributed by atoms with Crippen LogP contribution >= 0.6 is 0 Å². The van der Waals surface area contributed by atoms with Crippen LogP contribution in [0.4, 0.5) is 0 Å². The summed E-state index contributed by atoms with van der Waals surface area (Å²) in [6.07, 6.45) is 5.27. The summed E-state index contributed by atoms with van der Waals surface area (Å²) in [6, 6.07) is 0. The molecule has 1 aliphatic rings. The first-order valence-electron chi connectivity index (χ1n) is 7.40. The molecule has 0 saturated carbocycles. The molecule has 1 saturated heterocycles. The molecule has 8 nitrogen and oxygen atoms in total. The summed E-state index contributed by atoms with van der Waals surface area (Å²) in [5, 5.41) is 0. The standard InChI is InChI=1S/C14H18N4O4/c1-2-3-11(19)21-6-9-4-5-10(22-9)18-8-17-12-13(18)15-7-16-14(12)20/h7-10H,2-6H2,1H3,(H,15,16,20)/t9-,10+/m0/s1. The van der Waals surface area contributed by atoms with Crippen LogP contribution in [0.2, 0.25) is 0 Å². The Labute approximate surface area is 126 Å². The van der Waals surface area contributed by atoms with E-state index >= 15 is 0 Å². The molecule has 0 amide bonds. The molecule has 0 unspecified atom stereocenters. The second-order valence-corrected chi connectivity index (χ2v) is 5.28. The molecular formula is C14H18N4O4. The van der Waals surface area contributed by atoms with Gasteiger partial charge in [0.25, 0.3) is 5.56 Å². The Kier molecular flexibility index (Phi) is 4.19. The van der Waals surface area contributed by atoms with Gasteiger partial charge in [-0.3, -0.25) is 14.2 Å². The minimum absolute atomic E-state index is 0.134. The number of aromatic nitrogens is 4. The summed E-state index contributed by atoms with van der Waals surface area (Å²) < 4.78 is 12.8. The molecule has 1 fully saturated rings. The van der Waals surface area contributed by atoms with Crippen molar-refractivity contribution in [2.24, 2.45) is 0 Å². The zero-order valence-electron chi connectivity index (χ0n) is 12.3. The van der Waals surface area contributed by atoms with Crippen LogP contribution in [0.3, 0.4) is 0 Å². The lowest BCUT2D eigenvalue weighted by Gasteiger charge is -2.15. The van der Waals surface area contributed by atoms with Crippen molar-refractivity contribution >= 4 is 17.1 Å². The van der Waals surface area contributed by atoms with Gasteiger partial charge in [-0.25, -0.2) is 9.97 Å². The van der Waals surface area contributed by atoms with E-state index in [0.717, 1.165) is 19.3 Å². The number of H-pyrrole nitrogens is 1. The Morgan fingerprint density at radius 3 is 3.18 bits per heavy atom. The van der Waals surface area contributed by atoms with E-state index in [9.17, 15) is 9.59 Å². The molecule has 22 heavy (non-hydrogen) atoms. The van der Waals surface area contributed by atoms with Crippen molar-refractivity contribution in [2.45, 2.75) is 44.9 Å². The molecular weight excluding hydrogens is 288 g/mol. The average molecular weight is 306 g/mol. The third-order valence-corrected chi connectivity index (χ3v) is 3.64. The number of aromatic amines is 1. The van der Waals surface area contributed by atoms with E-state index in [-0.39, 0.29) is 30.5 Å².